The Kier molecular flexibility index (Phi) is 4.91. The highest BCUT2D eigenvalue weighted by Gasteiger charge is 2.31. The van der Waals surface area contributed by atoms with Crippen LogP contribution in [0.5, 0.6) is 0 Å². The van der Waals surface area contributed by atoms with Gasteiger partial charge in [0.25, 0.3) is 0 Å². The summed E-state index contributed by atoms with van der Waals surface area (Å²) < 4.78 is 5.05. The molecule has 0 spiro atoms. The highest BCUT2D eigenvalue weighted by Crippen LogP contribution is 2.26. The molecule has 0 aromatic heterocycles. The molecule has 1 atom stereocenters. The van der Waals surface area contributed by atoms with E-state index in [-0.39, 0.29) is 18.2 Å². The molecule has 1 rings (SSSR count). The number of carboxylic acids is 1. The maximum Gasteiger partial charge on any atom is 0.326 e. The largest absolute Gasteiger partial charge is 0.480 e. The van der Waals surface area contributed by atoms with E-state index in [4.69, 9.17) is 9.84 Å². The van der Waals surface area contributed by atoms with E-state index in [1.165, 1.54) is 0 Å². The third kappa shape index (κ3) is 5.28. The highest BCUT2D eigenvalue weighted by atomic mass is 16.6. The number of hydrogen-bond donors (Lipinski definition) is 2. The van der Waals surface area contributed by atoms with Crippen LogP contribution in [0.15, 0.2) is 0 Å². The molecule has 1 amide bonds. The Morgan fingerprint density at radius 1 is 1.32 bits per heavy atom. The van der Waals surface area contributed by atoms with Crippen LogP contribution in [0, 0.1) is 5.92 Å². The van der Waals surface area contributed by atoms with Crippen LogP contribution in [0.25, 0.3) is 0 Å². The molecule has 6 nitrogen and oxygen atoms in total. The number of carbonyl (C=O) groups is 3. The first-order valence-corrected chi connectivity index (χ1v) is 6.44. The molecule has 108 valence electrons. The van der Waals surface area contributed by atoms with Crippen LogP contribution in [0.1, 0.15) is 46.5 Å². The number of amides is 1. The van der Waals surface area contributed by atoms with Crippen molar-refractivity contribution in [2.45, 2.75) is 58.1 Å². The minimum atomic E-state index is -1.22. The first-order valence-electron chi connectivity index (χ1n) is 6.44. The maximum atomic E-state index is 11.7. The van der Waals surface area contributed by atoms with Crippen LogP contribution in [0.3, 0.4) is 0 Å². The number of aliphatic carboxylic acids is 1. The zero-order valence-electron chi connectivity index (χ0n) is 11.6. The summed E-state index contributed by atoms with van der Waals surface area (Å²) in [5.74, 6) is -2.25. The molecule has 0 bridgehead atoms. The fourth-order valence-corrected chi connectivity index (χ4v) is 1.71. The predicted octanol–water partition coefficient (Wildman–Crippen LogP) is 1.09. The van der Waals surface area contributed by atoms with Crippen molar-refractivity contribution in [1.29, 1.82) is 0 Å². The normalized spacial score (nSPS) is 17.2. The second-order valence-corrected chi connectivity index (χ2v) is 5.82. The summed E-state index contributed by atoms with van der Waals surface area (Å²) in [5.41, 5.74) is -0.669. The lowest BCUT2D eigenvalue weighted by Crippen LogP contribution is -2.46. The average Bonchev–Trinajstić information content (AvgIpc) is 2.09. The lowest BCUT2D eigenvalue weighted by atomic mass is 9.84. The Balaban J connectivity index is 2.50. The second kappa shape index (κ2) is 6.04. The monoisotopic (exact) mass is 271 g/mol. The number of nitrogens with one attached hydrogen (secondary N) is 1. The first-order chi connectivity index (χ1) is 8.69. The SMILES string of the molecule is CC(C)(C)OC(=O)C[C@H](NC(=O)C1CCC1)C(=O)O. The Labute approximate surface area is 112 Å². The zero-order valence-corrected chi connectivity index (χ0v) is 11.6. The summed E-state index contributed by atoms with van der Waals surface area (Å²) >= 11 is 0. The van der Waals surface area contributed by atoms with Crippen LogP contribution in [-0.4, -0.2) is 34.6 Å². The van der Waals surface area contributed by atoms with Gasteiger partial charge in [-0.1, -0.05) is 6.42 Å². The van der Waals surface area contributed by atoms with Crippen LogP contribution in [0.2, 0.25) is 0 Å². The van der Waals surface area contributed by atoms with Gasteiger partial charge < -0.3 is 15.2 Å². The van der Waals surface area contributed by atoms with E-state index in [2.05, 4.69) is 5.32 Å². The standard InChI is InChI=1S/C13H21NO5/c1-13(2,3)19-10(15)7-9(12(17)18)14-11(16)8-5-4-6-8/h8-9H,4-7H2,1-3H3,(H,14,16)(H,17,18)/t9-/m0/s1. The van der Waals surface area contributed by atoms with Crippen molar-refractivity contribution < 1.29 is 24.2 Å². The minimum Gasteiger partial charge on any atom is -0.480 e. The number of esters is 1. The van der Waals surface area contributed by atoms with Crippen LogP contribution in [0.4, 0.5) is 0 Å². The molecule has 0 aromatic carbocycles. The molecule has 0 aliphatic heterocycles. The molecule has 1 saturated carbocycles. The Morgan fingerprint density at radius 3 is 2.26 bits per heavy atom. The first kappa shape index (κ1) is 15.5. The van der Waals surface area contributed by atoms with Gasteiger partial charge in [0.05, 0.1) is 6.42 Å². The second-order valence-electron chi connectivity index (χ2n) is 5.82. The molecule has 1 fully saturated rings. The number of rotatable bonds is 5. The van der Waals surface area contributed by atoms with E-state index < -0.39 is 23.6 Å². The molecule has 0 unspecified atom stereocenters. The van der Waals surface area contributed by atoms with Gasteiger partial charge in [0, 0.05) is 5.92 Å². The Bertz CT molecular complexity index is 368. The van der Waals surface area contributed by atoms with Gasteiger partial charge in [-0.15, -0.1) is 0 Å². The molecule has 0 aromatic rings. The van der Waals surface area contributed by atoms with Gasteiger partial charge in [-0.05, 0) is 33.6 Å². The van der Waals surface area contributed by atoms with Gasteiger partial charge >= 0.3 is 11.9 Å². The van der Waals surface area contributed by atoms with Crippen molar-refractivity contribution in [3.63, 3.8) is 0 Å². The molecule has 1 aliphatic carbocycles. The quantitative estimate of drug-likeness (QED) is 0.730. The van der Waals surface area contributed by atoms with Crippen LogP contribution in [-0.2, 0) is 19.1 Å². The molecule has 6 heteroatoms. The van der Waals surface area contributed by atoms with Crippen LogP contribution >= 0.6 is 0 Å². The molecule has 2 N–H and O–H groups in total. The summed E-state index contributed by atoms with van der Waals surface area (Å²) in [6, 6.07) is -1.22. The van der Waals surface area contributed by atoms with Gasteiger partial charge in [0.2, 0.25) is 5.91 Å². The Morgan fingerprint density at radius 2 is 1.89 bits per heavy atom. The van der Waals surface area contributed by atoms with Crippen molar-refractivity contribution >= 4 is 17.8 Å². The van der Waals surface area contributed by atoms with Crippen LogP contribution < -0.4 is 5.32 Å². The lowest BCUT2D eigenvalue weighted by Gasteiger charge is -2.26. The maximum absolute atomic E-state index is 11.7. The smallest absolute Gasteiger partial charge is 0.326 e. The summed E-state index contributed by atoms with van der Waals surface area (Å²) in [6.07, 6.45) is 2.20. The molecule has 1 aliphatic rings. The molecular weight excluding hydrogens is 250 g/mol. The van der Waals surface area contributed by atoms with E-state index in [1.807, 2.05) is 0 Å². The number of hydrogen-bond acceptors (Lipinski definition) is 4. The molecule has 19 heavy (non-hydrogen) atoms. The Hall–Kier alpha value is -1.59. The van der Waals surface area contributed by atoms with E-state index in [0.717, 1.165) is 19.3 Å². The summed E-state index contributed by atoms with van der Waals surface area (Å²) in [7, 11) is 0. The van der Waals surface area contributed by atoms with Crippen molar-refractivity contribution in [3.8, 4) is 0 Å². The summed E-state index contributed by atoms with van der Waals surface area (Å²) in [5, 5.41) is 11.4. The number of carboxylic acid groups (broad SMARTS) is 1. The van der Waals surface area contributed by atoms with Gasteiger partial charge in [-0.2, -0.15) is 0 Å². The molecule has 0 radical (unpaired) electrons. The van der Waals surface area contributed by atoms with Gasteiger partial charge in [0.15, 0.2) is 0 Å². The zero-order chi connectivity index (χ0) is 14.6. The van der Waals surface area contributed by atoms with Crippen molar-refractivity contribution in [1.82, 2.24) is 5.32 Å². The molecular formula is C13H21NO5. The summed E-state index contributed by atoms with van der Waals surface area (Å²) in [6.45, 7) is 5.11. The average molecular weight is 271 g/mol. The number of ether oxygens (including phenoxy) is 1. The predicted molar refractivity (Wildman–Crippen MR) is 67.4 cm³/mol. The van der Waals surface area contributed by atoms with Gasteiger partial charge in [-0.25, -0.2) is 4.79 Å². The van der Waals surface area contributed by atoms with Crippen molar-refractivity contribution in [2.75, 3.05) is 0 Å². The lowest BCUT2D eigenvalue weighted by molar-refractivity contribution is -0.158. The highest BCUT2D eigenvalue weighted by molar-refractivity contribution is 5.88. The topological polar surface area (TPSA) is 92.7 Å². The van der Waals surface area contributed by atoms with Gasteiger partial charge in [0.1, 0.15) is 11.6 Å². The van der Waals surface area contributed by atoms with E-state index in [0.29, 0.717) is 0 Å². The fraction of sp³-hybridized carbons (Fsp3) is 0.769. The minimum absolute atomic E-state index is 0.111. The molecule has 0 saturated heterocycles. The van der Waals surface area contributed by atoms with Gasteiger partial charge in [-0.3, -0.25) is 9.59 Å². The third-order valence-corrected chi connectivity index (χ3v) is 2.88. The van der Waals surface area contributed by atoms with E-state index in [1.54, 1.807) is 20.8 Å². The number of carbonyl (C=O) groups excluding carboxylic acids is 2. The van der Waals surface area contributed by atoms with Crippen molar-refractivity contribution in [3.05, 3.63) is 0 Å². The molecule has 0 heterocycles. The summed E-state index contributed by atoms with van der Waals surface area (Å²) in [4.78, 5) is 34.3. The fourth-order valence-electron chi connectivity index (χ4n) is 1.71. The third-order valence-electron chi connectivity index (χ3n) is 2.88. The van der Waals surface area contributed by atoms with E-state index in [9.17, 15) is 14.4 Å². The van der Waals surface area contributed by atoms with Crippen molar-refractivity contribution in [2.24, 2.45) is 5.92 Å². The van der Waals surface area contributed by atoms with E-state index >= 15 is 0 Å².